The Hall–Kier alpha value is -3.33. The normalized spacial score (nSPS) is 14.5. The largest absolute Gasteiger partial charge is 0.463 e. The topological polar surface area (TPSA) is 175 Å². The van der Waals surface area contributed by atoms with Gasteiger partial charge >= 0.3 is 5.97 Å². The van der Waals surface area contributed by atoms with E-state index in [9.17, 15) is 22.8 Å². The maximum Gasteiger partial charge on any atom is 0.329 e. The van der Waals surface area contributed by atoms with Crippen LogP contribution in [0.2, 0.25) is 5.02 Å². The van der Waals surface area contributed by atoms with Crippen molar-refractivity contribution in [2.45, 2.75) is 12.5 Å². The van der Waals surface area contributed by atoms with E-state index in [1.54, 1.807) is 30.3 Å². The maximum absolute atomic E-state index is 13.0. The fourth-order valence-electron chi connectivity index (χ4n) is 4.02. The summed E-state index contributed by atoms with van der Waals surface area (Å²) in [6.07, 6.45) is 0.111. The Morgan fingerprint density at radius 2 is 1.80 bits per heavy atom. The van der Waals surface area contributed by atoms with Crippen molar-refractivity contribution in [3.63, 3.8) is 0 Å². The minimum atomic E-state index is -3.92. The third kappa shape index (κ3) is 10.9. The van der Waals surface area contributed by atoms with Crippen LogP contribution in [-0.4, -0.2) is 97.7 Å². The molecule has 12 nitrogen and oxygen atoms in total. The van der Waals surface area contributed by atoms with Crippen LogP contribution in [0.15, 0.2) is 59.4 Å². The van der Waals surface area contributed by atoms with Gasteiger partial charge in [-0.3, -0.25) is 19.0 Å². The van der Waals surface area contributed by atoms with E-state index in [1.807, 2.05) is 18.2 Å². The summed E-state index contributed by atoms with van der Waals surface area (Å²) in [4.78, 5) is 43.0. The highest BCUT2D eigenvalue weighted by molar-refractivity contribution is 7.85. The number of morpholine rings is 1. The number of benzene rings is 2. The van der Waals surface area contributed by atoms with Gasteiger partial charge in [-0.1, -0.05) is 29.8 Å². The van der Waals surface area contributed by atoms with Gasteiger partial charge in [0.2, 0.25) is 5.56 Å². The maximum atomic E-state index is 13.0. The zero-order valence-electron chi connectivity index (χ0n) is 22.1. The van der Waals surface area contributed by atoms with Gasteiger partial charge < -0.3 is 24.9 Å². The first-order chi connectivity index (χ1) is 19.6. The smallest absolute Gasteiger partial charge is 0.329 e. The average molecular weight is 610 g/mol. The number of carbonyl (C=O) groups excluding carboxylic acids is 2. The minimum absolute atomic E-state index is 0.111. The Labute approximate surface area is 242 Å². The second-order valence-electron chi connectivity index (χ2n) is 9.07. The molecule has 1 fully saturated rings. The summed E-state index contributed by atoms with van der Waals surface area (Å²) in [7, 11) is -3.92. The number of fused-ring (bicyclic) bond motifs is 1. The average Bonchev–Trinajstić information content (AvgIpc) is 2.93. The summed E-state index contributed by atoms with van der Waals surface area (Å²) in [5.74, 6) is -1.56. The van der Waals surface area contributed by atoms with Gasteiger partial charge in [0.05, 0.1) is 25.6 Å². The number of H-pyrrole nitrogens is 1. The zero-order valence-corrected chi connectivity index (χ0v) is 23.7. The van der Waals surface area contributed by atoms with Gasteiger partial charge in [0.1, 0.15) is 12.6 Å². The number of esters is 1. The zero-order chi connectivity index (χ0) is 29.8. The molecule has 1 atom stereocenters. The van der Waals surface area contributed by atoms with Crippen molar-refractivity contribution in [2.24, 2.45) is 0 Å². The molecule has 2 aromatic carbocycles. The van der Waals surface area contributed by atoms with E-state index < -0.39 is 40.4 Å². The van der Waals surface area contributed by atoms with Crippen molar-refractivity contribution in [1.82, 2.24) is 15.2 Å². The van der Waals surface area contributed by atoms with Crippen molar-refractivity contribution in [2.75, 3.05) is 51.8 Å². The summed E-state index contributed by atoms with van der Waals surface area (Å²) in [6, 6.07) is 14.2. The number of carbonyl (C=O) groups is 2. The van der Waals surface area contributed by atoms with Gasteiger partial charge in [-0.15, -0.1) is 0 Å². The number of aromatic nitrogens is 1. The summed E-state index contributed by atoms with van der Waals surface area (Å²) >= 11 is 5.92. The highest BCUT2D eigenvalue weighted by Crippen LogP contribution is 2.17. The molecule has 222 valence electrons. The second-order valence-corrected chi connectivity index (χ2v) is 11.1. The van der Waals surface area contributed by atoms with Crippen molar-refractivity contribution >= 4 is 44.5 Å². The van der Waals surface area contributed by atoms with Gasteiger partial charge in [-0.25, -0.2) is 4.79 Å². The number of rotatable bonds is 10. The van der Waals surface area contributed by atoms with Crippen LogP contribution < -0.4 is 10.9 Å². The molecule has 1 aliphatic rings. The molecule has 0 aliphatic carbocycles. The van der Waals surface area contributed by atoms with Crippen LogP contribution in [0.1, 0.15) is 15.9 Å². The van der Waals surface area contributed by atoms with Gasteiger partial charge in [0.15, 0.2) is 0 Å². The number of aliphatic hydroxyl groups is 1. The van der Waals surface area contributed by atoms with Gasteiger partial charge in [0.25, 0.3) is 16.0 Å². The number of nitrogens with one attached hydrogen (secondary N) is 2. The summed E-state index contributed by atoms with van der Waals surface area (Å²) in [5, 5.41) is 11.9. The Morgan fingerprint density at radius 3 is 2.44 bits per heavy atom. The van der Waals surface area contributed by atoms with E-state index in [-0.39, 0.29) is 18.6 Å². The number of halogens is 1. The van der Waals surface area contributed by atoms with Crippen LogP contribution in [-0.2, 0) is 30.8 Å². The third-order valence-corrected chi connectivity index (χ3v) is 7.01. The van der Waals surface area contributed by atoms with Gasteiger partial charge in [0, 0.05) is 53.6 Å². The number of amides is 1. The Balaban J connectivity index is 0.000000587. The SMILES string of the molecule is O=C(NC(Cc1cc(=O)[nH]c2ccccc12)C(=O)OCCN1CCOCC1)c1ccc(Cl)cc1.O=S(=O)(O)CCO. The molecule has 0 radical (unpaired) electrons. The van der Waals surface area contributed by atoms with E-state index in [2.05, 4.69) is 15.2 Å². The van der Waals surface area contributed by atoms with Crippen LogP contribution in [0.25, 0.3) is 10.9 Å². The van der Waals surface area contributed by atoms with Crippen LogP contribution >= 0.6 is 11.6 Å². The number of para-hydroxylation sites is 1. The summed E-state index contributed by atoms with van der Waals surface area (Å²) < 4.78 is 38.0. The molecule has 1 amide bonds. The number of pyridine rings is 1. The lowest BCUT2D eigenvalue weighted by molar-refractivity contribution is -0.146. The van der Waals surface area contributed by atoms with Crippen molar-refractivity contribution < 1.29 is 37.1 Å². The molecule has 4 rings (SSSR count). The minimum Gasteiger partial charge on any atom is -0.463 e. The molecule has 41 heavy (non-hydrogen) atoms. The van der Waals surface area contributed by atoms with Crippen LogP contribution in [0.3, 0.4) is 0 Å². The molecule has 14 heteroatoms. The first-order valence-corrected chi connectivity index (χ1v) is 14.7. The third-order valence-electron chi connectivity index (χ3n) is 6.06. The molecule has 1 aromatic heterocycles. The molecule has 0 bridgehead atoms. The number of hydrogen-bond donors (Lipinski definition) is 4. The highest BCUT2D eigenvalue weighted by atomic mass is 35.5. The van der Waals surface area contributed by atoms with E-state index in [0.29, 0.717) is 41.4 Å². The van der Waals surface area contributed by atoms with Crippen molar-refractivity contribution in [3.05, 3.63) is 81.1 Å². The fraction of sp³-hybridized carbons (Fsp3) is 0.370. The number of aliphatic hydroxyl groups excluding tert-OH is 1. The number of aromatic amines is 1. The van der Waals surface area contributed by atoms with Crippen molar-refractivity contribution in [1.29, 1.82) is 0 Å². The first-order valence-electron chi connectivity index (χ1n) is 12.8. The second kappa shape index (κ2) is 15.6. The van der Waals surface area contributed by atoms with Crippen LogP contribution in [0.5, 0.6) is 0 Å². The molecule has 0 spiro atoms. The molecular formula is C27H32ClN3O9S. The highest BCUT2D eigenvalue weighted by Gasteiger charge is 2.25. The lowest BCUT2D eigenvalue weighted by atomic mass is 10.0. The molecule has 1 saturated heterocycles. The first kappa shape index (κ1) is 32.2. The van der Waals surface area contributed by atoms with Crippen molar-refractivity contribution in [3.8, 4) is 0 Å². The van der Waals surface area contributed by atoms with E-state index in [1.165, 1.54) is 6.07 Å². The van der Waals surface area contributed by atoms with Crippen LogP contribution in [0.4, 0.5) is 0 Å². The molecule has 3 aromatic rings. The summed E-state index contributed by atoms with van der Waals surface area (Å²) in [5.41, 5.74) is 1.39. The summed E-state index contributed by atoms with van der Waals surface area (Å²) in [6.45, 7) is 3.13. The lowest BCUT2D eigenvalue weighted by Crippen LogP contribution is -2.44. The predicted octanol–water partition coefficient (Wildman–Crippen LogP) is 1.26. The molecule has 0 saturated carbocycles. The van der Waals surface area contributed by atoms with E-state index in [4.69, 9.17) is 30.7 Å². The molecular weight excluding hydrogens is 578 g/mol. The molecule has 2 heterocycles. The standard InChI is InChI=1S/C25H26ClN3O5.C2H6O4S/c26-19-7-5-17(6-8-19)24(31)28-22(25(32)34-14-11-29-9-12-33-13-10-29)15-18-16-23(30)27-21-4-2-1-3-20(18)21;3-1-2-7(4,5)6/h1-8,16,22H,9-15H2,(H,27,30)(H,28,31);3H,1-2H2,(H,4,5,6). The number of nitrogens with zero attached hydrogens (tertiary/aromatic N) is 1. The van der Waals surface area contributed by atoms with E-state index in [0.717, 1.165) is 18.5 Å². The molecule has 1 aliphatic heterocycles. The Kier molecular flexibility index (Phi) is 12.3. The van der Waals surface area contributed by atoms with Gasteiger partial charge in [-0.05, 0) is 35.9 Å². The Bertz CT molecular complexity index is 1470. The quantitative estimate of drug-likeness (QED) is 0.193. The Morgan fingerprint density at radius 1 is 1.12 bits per heavy atom. The van der Waals surface area contributed by atoms with E-state index >= 15 is 0 Å². The predicted molar refractivity (Wildman–Crippen MR) is 153 cm³/mol. The number of hydrogen-bond acceptors (Lipinski definition) is 9. The monoisotopic (exact) mass is 609 g/mol. The molecule has 4 N–H and O–H groups in total. The molecule has 1 unspecified atom stereocenters. The number of ether oxygens (including phenoxy) is 2. The fourth-order valence-corrected chi connectivity index (χ4v) is 4.37. The lowest BCUT2D eigenvalue weighted by Gasteiger charge is -2.26. The van der Waals surface area contributed by atoms with Gasteiger partial charge in [-0.2, -0.15) is 8.42 Å². The van der Waals surface area contributed by atoms with Crippen LogP contribution in [0, 0.1) is 0 Å².